The van der Waals surface area contributed by atoms with Crippen molar-refractivity contribution in [2.45, 2.75) is 20.5 Å². The number of carbonyl (C=O) groups is 2. The molecule has 7 heteroatoms. The smallest absolute Gasteiger partial charge is 0.375 e. The molecule has 2 heterocycles. The number of nitrogens with zero attached hydrogens (tertiary/aromatic N) is 1. The Bertz CT molecular complexity index is 1600. The molecule has 0 aliphatic heterocycles. The second kappa shape index (κ2) is 10.7. The van der Waals surface area contributed by atoms with Gasteiger partial charge in [-0.3, -0.25) is 4.79 Å². The number of furan rings is 1. The summed E-state index contributed by atoms with van der Waals surface area (Å²) in [5.74, 6) is 0.422. The second-order valence-corrected chi connectivity index (χ2v) is 8.83. The van der Waals surface area contributed by atoms with Crippen LogP contribution in [0, 0.1) is 13.8 Å². The number of carbonyl (C=O) groups excluding carboxylic acids is 2. The molecule has 192 valence electrons. The van der Waals surface area contributed by atoms with E-state index in [1.54, 1.807) is 19.2 Å². The molecule has 0 fully saturated rings. The molecule has 0 N–H and O–H groups in total. The number of benzene rings is 3. The van der Waals surface area contributed by atoms with Gasteiger partial charge in [0.1, 0.15) is 23.7 Å². The number of hydrogen-bond acceptors (Lipinski definition) is 6. The molecule has 0 radical (unpaired) electrons. The van der Waals surface area contributed by atoms with Crippen molar-refractivity contribution in [1.29, 1.82) is 0 Å². The van der Waals surface area contributed by atoms with Gasteiger partial charge in [-0.25, -0.2) is 4.79 Å². The van der Waals surface area contributed by atoms with Crippen molar-refractivity contribution in [3.8, 4) is 17.2 Å². The van der Waals surface area contributed by atoms with Crippen LogP contribution in [0.5, 0.6) is 11.5 Å². The van der Waals surface area contributed by atoms with E-state index in [9.17, 15) is 9.59 Å². The number of para-hydroxylation sites is 2. The quantitative estimate of drug-likeness (QED) is 0.167. The number of fused-ring (bicyclic) bond motifs is 1. The van der Waals surface area contributed by atoms with Crippen LogP contribution in [0.15, 0.2) is 89.3 Å². The lowest BCUT2D eigenvalue weighted by molar-refractivity contribution is 0.0442. The number of Topliss-reactive ketones (excluding diaryl/α,β-unsaturated/α-hetero) is 1. The second-order valence-electron chi connectivity index (χ2n) is 8.83. The van der Waals surface area contributed by atoms with E-state index in [0.29, 0.717) is 22.5 Å². The summed E-state index contributed by atoms with van der Waals surface area (Å²) < 4.78 is 24.4. The SMILES string of the molecule is COc1ccc(-n2c(C)cc(C(=O)COC(=O)c3oc4ccccc4c3COc3ccccc3)c2C)cc1. The van der Waals surface area contributed by atoms with Crippen LogP contribution >= 0.6 is 0 Å². The molecule has 3 aromatic carbocycles. The number of methoxy groups -OCH3 is 1. The number of ether oxygens (including phenoxy) is 3. The van der Waals surface area contributed by atoms with Crippen LogP contribution < -0.4 is 9.47 Å². The van der Waals surface area contributed by atoms with Crippen molar-refractivity contribution in [3.05, 3.63) is 113 Å². The fourth-order valence-electron chi connectivity index (χ4n) is 4.53. The fourth-order valence-corrected chi connectivity index (χ4v) is 4.53. The third kappa shape index (κ3) is 4.91. The molecule has 0 aliphatic rings. The van der Waals surface area contributed by atoms with Crippen molar-refractivity contribution >= 4 is 22.7 Å². The third-order valence-electron chi connectivity index (χ3n) is 6.41. The molecule has 2 aromatic heterocycles. The number of hydrogen-bond donors (Lipinski definition) is 0. The van der Waals surface area contributed by atoms with Crippen LogP contribution in [0.2, 0.25) is 0 Å². The van der Waals surface area contributed by atoms with Gasteiger partial charge in [-0.1, -0.05) is 36.4 Å². The minimum atomic E-state index is -0.717. The van der Waals surface area contributed by atoms with Gasteiger partial charge in [0.15, 0.2) is 6.61 Å². The first-order valence-electron chi connectivity index (χ1n) is 12.2. The summed E-state index contributed by atoms with van der Waals surface area (Å²) in [7, 11) is 1.61. The highest BCUT2D eigenvalue weighted by molar-refractivity contribution is 6.01. The maximum atomic E-state index is 13.1. The van der Waals surface area contributed by atoms with Gasteiger partial charge in [-0.15, -0.1) is 0 Å². The van der Waals surface area contributed by atoms with E-state index >= 15 is 0 Å². The Morgan fingerprint density at radius 2 is 1.58 bits per heavy atom. The zero-order valence-corrected chi connectivity index (χ0v) is 21.4. The Hall–Kier alpha value is -4.78. The predicted molar refractivity (Wildman–Crippen MR) is 143 cm³/mol. The minimum absolute atomic E-state index is 0.0265. The lowest BCUT2D eigenvalue weighted by atomic mass is 10.1. The van der Waals surface area contributed by atoms with Gasteiger partial charge in [0.2, 0.25) is 11.5 Å². The monoisotopic (exact) mass is 509 g/mol. The molecule has 0 amide bonds. The Labute approximate surface area is 220 Å². The molecule has 0 saturated heterocycles. The topological polar surface area (TPSA) is 79.9 Å². The highest BCUT2D eigenvalue weighted by atomic mass is 16.5. The van der Waals surface area contributed by atoms with Crippen molar-refractivity contribution in [2.24, 2.45) is 0 Å². The Kier molecular flexibility index (Phi) is 7.00. The molecule has 0 bridgehead atoms. The highest BCUT2D eigenvalue weighted by Gasteiger charge is 2.24. The maximum absolute atomic E-state index is 13.1. The summed E-state index contributed by atoms with van der Waals surface area (Å²) >= 11 is 0. The molecule has 7 nitrogen and oxygen atoms in total. The Morgan fingerprint density at radius 3 is 2.32 bits per heavy atom. The summed E-state index contributed by atoms with van der Waals surface area (Å²) in [5, 5.41) is 0.754. The first kappa shape index (κ1) is 24.9. The molecule has 5 rings (SSSR count). The standard InChI is InChI=1S/C31H27NO6/c1-20-17-26(21(2)32(20)22-13-15-23(35-3)16-14-22)28(33)19-37-31(34)30-27(18-36-24-9-5-4-6-10-24)25-11-7-8-12-29(25)38-30/h4-17H,18-19H2,1-3H3. The zero-order chi connectivity index (χ0) is 26.6. The summed E-state index contributed by atoms with van der Waals surface area (Å²) in [4.78, 5) is 26.2. The third-order valence-corrected chi connectivity index (χ3v) is 6.41. The Morgan fingerprint density at radius 1 is 0.868 bits per heavy atom. The average molecular weight is 510 g/mol. The van der Waals surface area contributed by atoms with E-state index in [1.807, 2.05) is 91.2 Å². The van der Waals surface area contributed by atoms with Crippen LogP contribution in [-0.4, -0.2) is 30.0 Å². The molecule has 38 heavy (non-hydrogen) atoms. The van der Waals surface area contributed by atoms with Crippen LogP contribution in [0.25, 0.3) is 16.7 Å². The largest absolute Gasteiger partial charge is 0.497 e. The Balaban J connectivity index is 1.34. The van der Waals surface area contributed by atoms with Gasteiger partial charge in [0, 0.05) is 28.0 Å². The van der Waals surface area contributed by atoms with E-state index in [0.717, 1.165) is 28.2 Å². The van der Waals surface area contributed by atoms with Gasteiger partial charge in [-0.05, 0) is 62.4 Å². The number of ketones is 1. The normalized spacial score (nSPS) is 10.9. The number of esters is 1. The van der Waals surface area contributed by atoms with Gasteiger partial charge in [0.05, 0.1) is 12.7 Å². The van der Waals surface area contributed by atoms with E-state index in [2.05, 4.69) is 0 Å². The van der Waals surface area contributed by atoms with Crippen LogP contribution in [-0.2, 0) is 11.3 Å². The van der Waals surface area contributed by atoms with Crippen molar-refractivity contribution in [3.63, 3.8) is 0 Å². The van der Waals surface area contributed by atoms with Crippen molar-refractivity contribution < 1.29 is 28.2 Å². The number of aryl methyl sites for hydroxylation is 1. The highest BCUT2D eigenvalue weighted by Crippen LogP contribution is 2.28. The lowest BCUT2D eigenvalue weighted by Gasteiger charge is -2.11. The lowest BCUT2D eigenvalue weighted by Crippen LogP contribution is -2.16. The molecule has 0 aliphatic carbocycles. The first-order chi connectivity index (χ1) is 18.5. The molecule has 0 spiro atoms. The molecular formula is C31H27NO6. The van der Waals surface area contributed by atoms with Crippen LogP contribution in [0.3, 0.4) is 0 Å². The van der Waals surface area contributed by atoms with Gasteiger partial charge in [-0.2, -0.15) is 0 Å². The van der Waals surface area contributed by atoms with Crippen LogP contribution in [0.4, 0.5) is 0 Å². The first-order valence-corrected chi connectivity index (χ1v) is 12.2. The fraction of sp³-hybridized carbons (Fsp3) is 0.161. The number of rotatable bonds is 9. The van der Waals surface area contributed by atoms with E-state index in [4.69, 9.17) is 18.6 Å². The summed E-state index contributed by atoms with van der Waals surface area (Å²) in [6.45, 7) is 3.49. The maximum Gasteiger partial charge on any atom is 0.375 e. The molecule has 5 aromatic rings. The predicted octanol–water partition coefficient (Wildman–Crippen LogP) is 6.47. The van der Waals surface area contributed by atoms with Gasteiger partial charge in [0.25, 0.3) is 0 Å². The van der Waals surface area contributed by atoms with Gasteiger partial charge < -0.3 is 23.2 Å². The number of aromatic nitrogens is 1. The van der Waals surface area contributed by atoms with E-state index < -0.39 is 12.6 Å². The average Bonchev–Trinajstić information content (AvgIpc) is 3.47. The zero-order valence-electron chi connectivity index (χ0n) is 21.4. The summed E-state index contributed by atoms with van der Waals surface area (Å²) in [5.41, 5.74) is 4.15. The van der Waals surface area contributed by atoms with Crippen LogP contribution in [0.1, 0.15) is 37.9 Å². The van der Waals surface area contributed by atoms with Gasteiger partial charge >= 0.3 is 5.97 Å². The minimum Gasteiger partial charge on any atom is -0.497 e. The van der Waals surface area contributed by atoms with E-state index in [-0.39, 0.29) is 18.2 Å². The van der Waals surface area contributed by atoms with Crippen molar-refractivity contribution in [1.82, 2.24) is 4.57 Å². The van der Waals surface area contributed by atoms with E-state index in [1.165, 1.54) is 0 Å². The molecular weight excluding hydrogens is 482 g/mol. The molecule has 0 atom stereocenters. The summed E-state index contributed by atoms with van der Waals surface area (Å²) in [6, 6.07) is 26.0. The summed E-state index contributed by atoms with van der Waals surface area (Å²) in [6.07, 6.45) is 0. The van der Waals surface area contributed by atoms with Crippen molar-refractivity contribution in [2.75, 3.05) is 13.7 Å². The molecule has 0 unspecified atom stereocenters. The molecule has 0 saturated carbocycles.